The Morgan fingerprint density at radius 1 is 1.04 bits per heavy atom. The number of anilines is 1. The highest BCUT2D eigenvalue weighted by Crippen LogP contribution is 2.38. The van der Waals surface area contributed by atoms with Crippen molar-refractivity contribution in [2.45, 2.75) is 53.0 Å². The van der Waals surface area contributed by atoms with Gasteiger partial charge in [-0.3, -0.25) is 14.5 Å². The van der Waals surface area contributed by atoms with Crippen LogP contribution >= 0.6 is 0 Å². The van der Waals surface area contributed by atoms with Crippen molar-refractivity contribution in [3.8, 4) is 0 Å². The molecule has 0 aliphatic carbocycles. The molecule has 0 bridgehead atoms. The van der Waals surface area contributed by atoms with Gasteiger partial charge in [-0.15, -0.1) is 0 Å². The number of piperidine rings is 1. The monoisotopic (exact) mass is 346 g/mol. The molecule has 1 heterocycles. The Hall–Kier alpha value is -2.37. The molecule has 2 amide bonds. The molecule has 6 nitrogen and oxygen atoms in total. The zero-order chi connectivity index (χ0) is 18.9. The minimum atomic E-state index is -1.33. The van der Waals surface area contributed by atoms with E-state index < -0.39 is 11.5 Å². The Morgan fingerprint density at radius 2 is 1.52 bits per heavy atom. The van der Waals surface area contributed by atoms with Gasteiger partial charge in [-0.2, -0.15) is 0 Å². The first-order valence-corrected chi connectivity index (χ1v) is 8.47. The lowest BCUT2D eigenvalue weighted by Crippen LogP contribution is -2.62. The van der Waals surface area contributed by atoms with Crippen LogP contribution in [0.2, 0.25) is 0 Å². The molecule has 0 aromatic heterocycles. The average molecular weight is 346 g/mol. The van der Waals surface area contributed by atoms with Gasteiger partial charge in [-0.25, -0.2) is 4.79 Å². The number of nitrogens with zero attached hydrogens (tertiary/aromatic N) is 2. The van der Waals surface area contributed by atoms with E-state index in [4.69, 9.17) is 0 Å². The van der Waals surface area contributed by atoms with E-state index >= 15 is 0 Å². The van der Waals surface area contributed by atoms with E-state index in [-0.39, 0.29) is 24.7 Å². The van der Waals surface area contributed by atoms with Crippen molar-refractivity contribution in [1.29, 1.82) is 0 Å². The van der Waals surface area contributed by atoms with Crippen LogP contribution in [0.25, 0.3) is 0 Å². The van der Waals surface area contributed by atoms with Crippen LogP contribution in [0.4, 0.5) is 5.69 Å². The van der Waals surface area contributed by atoms with Gasteiger partial charge in [0.2, 0.25) is 11.8 Å². The van der Waals surface area contributed by atoms with Gasteiger partial charge in [0.25, 0.3) is 0 Å². The van der Waals surface area contributed by atoms with Gasteiger partial charge in [0.15, 0.2) is 0 Å². The largest absolute Gasteiger partial charge is 0.479 e. The summed E-state index contributed by atoms with van der Waals surface area (Å²) in [6.45, 7) is 9.30. The lowest BCUT2D eigenvalue weighted by atomic mass is 9.84. The first-order valence-electron chi connectivity index (χ1n) is 8.47. The van der Waals surface area contributed by atoms with Crippen molar-refractivity contribution in [2.24, 2.45) is 0 Å². The molecule has 0 radical (unpaired) electrons. The molecular weight excluding hydrogens is 320 g/mol. The summed E-state index contributed by atoms with van der Waals surface area (Å²) in [6.07, 6.45) is 0.433. The fraction of sp³-hybridized carbons (Fsp3) is 0.526. The third-order valence-electron chi connectivity index (χ3n) is 5.04. The maximum Gasteiger partial charge on any atom is 0.330 e. The molecule has 1 saturated heterocycles. The van der Waals surface area contributed by atoms with Gasteiger partial charge >= 0.3 is 5.97 Å². The summed E-state index contributed by atoms with van der Waals surface area (Å²) in [7, 11) is 0. The van der Waals surface area contributed by atoms with Gasteiger partial charge in [0, 0.05) is 26.9 Å². The van der Waals surface area contributed by atoms with Crippen LogP contribution in [-0.4, -0.2) is 46.4 Å². The van der Waals surface area contributed by atoms with Crippen molar-refractivity contribution in [1.82, 2.24) is 4.90 Å². The van der Waals surface area contributed by atoms with E-state index in [0.717, 1.165) is 16.7 Å². The number of likely N-dealkylation sites (tertiary alicyclic amines) is 1. The van der Waals surface area contributed by atoms with Crippen LogP contribution < -0.4 is 4.90 Å². The molecule has 1 aliphatic rings. The van der Waals surface area contributed by atoms with Crippen molar-refractivity contribution >= 4 is 23.5 Å². The lowest BCUT2D eigenvalue weighted by Gasteiger charge is -2.46. The molecule has 0 unspecified atom stereocenters. The highest BCUT2D eigenvalue weighted by molar-refractivity contribution is 6.02. The van der Waals surface area contributed by atoms with Crippen molar-refractivity contribution in [2.75, 3.05) is 18.0 Å². The summed E-state index contributed by atoms with van der Waals surface area (Å²) >= 11 is 0. The Morgan fingerprint density at radius 3 is 1.88 bits per heavy atom. The molecule has 0 atom stereocenters. The normalized spacial score (nSPS) is 16.4. The standard InChI is InChI=1S/C19H26N2O4/c1-12-10-13(2)17(14(3)11-12)21(16(5)23)19(18(24)25)6-8-20(9-7-19)15(4)22/h10-11H,6-9H2,1-5H3,(H,24,25). The zero-order valence-electron chi connectivity index (χ0n) is 15.5. The van der Waals surface area contributed by atoms with E-state index in [1.54, 1.807) is 4.90 Å². The van der Waals surface area contributed by atoms with Gasteiger partial charge in [0.05, 0.1) is 5.69 Å². The Labute approximate surface area is 148 Å². The van der Waals surface area contributed by atoms with E-state index in [0.29, 0.717) is 18.8 Å². The van der Waals surface area contributed by atoms with Gasteiger partial charge in [0.1, 0.15) is 5.54 Å². The molecule has 6 heteroatoms. The van der Waals surface area contributed by atoms with Crippen LogP contribution in [0.5, 0.6) is 0 Å². The molecule has 0 saturated carbocycles. The number of hydrogen-bond donors (Lipinski definition) is 1. The maximum absolute atomic E-state index is 12.5. The molecule has 1 fully saturated rings. The van der Waals surface area contributed by atoms with E-state index in [2.05, 4.69) is 0 Å². The summed E-state index contributed by atoms with van der Waals surface area (Å²) in [6, 6.07) is 3.91. The smallest absolute Gasteiger partial charge is 0.330 e. The number of aliphatic carboxylic acids is 1. The molecule has 1 aromatic carbocycles. The number of carbonyl (C=O) groups excluding carboxylic acids is 2. The third kappa shape index (κ3) is 3.38. The number of carboxylic acid groups (broad SMARTS) is 1. The summed E-state index contributed by atoms with van der Waals surface area (Å²) in [5.74, 6) is -1.39. The number of rotatable bonds is 3. The molecule has 136 valence electrons. The van der Waals surface area contributed by atoms with Crippen LogP contribution in [-0.2, 0) is 14.4 Å². The van der Waals surface area contributed by atoms with Crippen LogP contribution in [0.15, 0.2) is 12.1 Å². The number of hydrogen-bond acceptors (Lipinski definition) is 3. The fourth-order valence-corrected chi connectivity index (χ4v) is 3.92. The summed E-state index contributed by atoms with van der Waals surface area (Å²) in [5.41, 5.74) is 2.15. The second kappa shape index (κ2) is 6.86. The SMILES string of the molecule is CC(=O)N1CCC(C(=O)O)(N(C(C)=O)c2c(C)cc(C)cc2C)CC1. The Kier molecular flexibility index (Phi) is 5.20. The van der Waals surface area contributed by atoms with Crippen molar-refractivity contribution in [3.05, 3.63) is 28.8 Å². The van der Waals surface area contributed by atoms with E-state index in [1.807, 2.05) is 32.9 Å². The Balaban J connectivity index is 2.56. The predicted octanol–water partition coefficient (Wildman–Crippen LogP) is 2.43. The summed E-state index contributed by atoms with van der Waals surface area (Å²) in [4.78, 5) is 39.5. The Bertz CT molecular complexity index is 695. The summed E-state index contributed by atoms with van der Waals surface area (Å²) < 4.78 is 0. The number of aryl methyl sites for hydroxylation is 3. The molecule has 2 rings (SSSR count). The second-order valence-electron chi connectivity index (χ2n) is 6.94. The quantitative estimate of drug-likeness (QED) is 0.912. The number of benzene rings is 1. The molecular formula is C19H26N2O4. The first-order chi connectivity index (χ1) is 11.6. The predicted molar refractivity (Wildman–Crippen MR) is 95.7 cm³/mol. The van der Waals surface area contributed by atoms with Crippen LogP contribution in [0, 0.1) is 20.8 Å². The molecule has 0 spiro atoms. The third-order valence-corrected chi connectivity index (χ3v) is 5.04. The first kappa shape index (κ1) is 19.0. The minimum absolute atomic E-state index is 0.0731. The lowest BCUT2D eigenvalue weighted by molar-refractivity contribution is -0.149. The average Bonchev–Trinajstić information content (AvgIpc) is 2.50. The zero-order valence-corrected chi connectivity index (χ0v) is 15.5. The van der Waals surface area contributed by atoms with Gasteiger partial charge in [-0.1, -0.05) is 17.7 Å². The van der Waals surface area contributed by atoms with E-state index in [1.165, 1.54) is 18.7 Å². The maximum atomic E-state index is 12.5. The van der Waals surface area contributed by atoms with Gasteiger partial charge < -0.3 is 10.0 Å². The molecule has 1 aliphatic heterocycles. The van der Waals surface area contributed by atoms with E-state index in [9.17, 15) is 19.5 Å². The molecule has 1 N–H and O–H groups in total. The fourth-order valence-electron chi connectivity index (χ4n) is 3.92. The molecule has 1 aromatic rings. The minimum Gasteiger partial charge on any atom is -0.479 e. The topological polar surface area (TPSA) is 77.9 Å². The second-order valence-corrected chi connectivity index (χ2v) is 6.94. The highest BCUT2D eigenvalue weighted by atomic mass is 16.4. The number of carbonyl (C=O) groups is 3. The highest BCUT2D eigenvalue weighted by Gasteiger charge is 2.49. The van der Waals surface area contributed by atoms with Crippen molar-refractivity contribution in [3.63, 3.8) is 0 Å². The number of amides is 2. The summed E-state index contributed by atoms with van der Waals surface area (Å²) in [5, 5.41) is 10.0. The van der Waals surface area contributed by atoms with Gasteiger partial charge in [-0.05, 0) is 44.7 Å². The number of carboxylic acids is 1. The van der Waals surface area contributed by atoms with Crippen LogP contribution in [0.3, 0.4) is 0 Å². The van der Waals surface area contributed by atoms with Crippen molar-refractivity contribution < 1.29 is 19.5 Å². The molecule has 25 heavy (non-hydrogen) atoms. The van der Waals surface area contributed by atoms with Crippen LogP contribution in [0.1, 0.15) is 43.4 Å².